The minimum atomic E-state index is -0.371. The fourth-order valence-corrected chi connectivity index (χ4v) is 5.91. The highest BCUT2D eigenvalue weighted by atomic mass is 19.1. The van der Waals surface area contributed by atoms with Crippen LogP contribution < -0.4 is 4.74 Å². The lowest BCUT2D eigenvalue weighted by Crippen LogP contribution is -2.29. The number of piperidine rings is 1. The van der Waals surface area contributed by atoms with Crippen LogP contribution in [0.5, 0.6) is 5.75 Å². The normalized spacial score (nSPS) is 14.2. The zero-order valence-electron chi connectivity index (χ0n) is 25.0. The number of likely N-dealkylation sites (tertiary alicyclic amines) is 1. The van der Waals surface area contributed by atoms with E-state index in [1.54, 1.807) is 6.20 Å². The van der Waals surface area contributed by atoms with Gasteiger partial charge < -0.3 is 14.6 Å². The summed E-state index contributed by atoms with van der Waals surface area (Å²) in [6.45, 7) is 4.37. The van der Waals surface area contributed by atoms with Gasteiger partial charge in [-0.2, -0.15) is 5.10 Å². The quantitative estimate of drug-likeness (QED) is 0.204. The zero-order valence-corrected chi connectivity index (χ0v) is 25.0. The van der Waals surface area contributed by atoms with Crippen LogP contribution in [0.3, 0.4) is 0 Å². The third-order valence-electron chi connectivity index (χ3n) is 8.15. The summed E-state index contributed by atoms with van der Waals surface area (Å²) in [5, 5.41) is 9.58. The molecule has 1 aromatic carbocycles. The van der Waals surface area contributed by atoms with Gasteiger partial charge in [0.1, 0.15) is 23.9 Å². The molecule has 6 aromatic rings. The van der Waals surface area contributed by atoms with Crippen LogP contribution in [-0.2, 0) is 6.54 Å². The second kappa shape index (κ2) is 12.1. The largest absolute Gasteiger partial charge is 0.492 e. The highest BCUT2D eigenvalue weighted by Crippen LogP contribution is 2.35. The number of fused-ring (bicyclic) bond motifs is 2. The Balaban J connectivity index is 1.21. The maximum absolute atomic E-state index is 14.7. The van der Waals surface area contributed by atoms with Crippen molar-refractivity contribution in [1.29, 1.82) is 0 Å². The summed E-state index contributed by atoms with van der Waals surface area (Å²) in [7, 11) is 3.95. The third kappa shape index (κ3) is 5.91. The average molecular weight is 591 g/mol. The molecule has 0 unspecified atom stereocenters. The van der Waals surface area contributed by atoms with E-state index in [9.17, 15) is 4.39 Å². The second-order valence-electron chi connectivity index (χ2n) is 11.7. The average Bonchev–Trinajstić information content (AvgIpc) is 3.65. The number of hydrogen-bond donors (Lipinski definition) is 2. The molecule has 0 spiro atoms. The van der Waals surface area contributed by atoms with Crippen LogP contribution >= 0.6 is 0 Å². The van der Waals surface area contributed by atoms with Crippen molar-refractivity contribution in [2.45, 2.75) is 25.8 Å². The van der Waals surface area contributed by atoms with Crippen LogP contribution in [0, 0.1) is 5.82 Å². The van der Waals surface area contributed by atoms with Crippen molar-refractivity contribution in [3.8, 4) is 39.7 Å². The molecule has 0 aliphatic carbocycles. The number of halogens is 1. The van der Waals surface area contributed by atoms with E-state index < -0.39 is 0 Å². The molecule has 0 radical (unpaired) electrons. The Morgan fingerprint density at radius 3 is 2.61 bits per heavy atom. The van der Waals surface area contributed by atoms with Gasteiger partial charge in [0, 0.05) is 65.2 Å². The molecule has 0 bridgehead atoms. The molecule has 1 saturated heterocycles. The molecule has 5 aromatic heterocycles. The van der Waals surface area contributed by atoms with Crippen molar-refractivity contribution >= 4 is 21.8 Å². The van der Waals surface area contributed by atoms with Crippen molar-refractivity contribution in [2.75, 3.05) is 40.3 Å². The Labute approximate surface area is 255 Å². The lowest BCUT2D eigenvalue weighted by Gasteiger charge is -2.26. The van der Waals surface area contributed by atoms with Gasteiger partial charge >= 0.3 is 0 Å². The van der Waals surface area contributed by atoms with E-state index in [1.165, 1.54) is 37.0 Å². The first-order valence-electron chi connectivity index (χ1n) is 15.1. The lowest BCUT2D eigenvalue weighted by atomic mass is 10.1. The summed E-state index contributed by atoms with van der Waals surface area (Å²) in [6, 6.07) is 12.9. The first-order chi connectivity index (χ1) is 21.5. The zero-order chi connectivity index (χ0) is 30.0. The Bertz CT molecular complexity index is 1920. The minimum absolute atomic E-state index is 0.371. The molecule has 1 fully saturated rings. The maximum atomic E-state index is 14.7. The molecule has 0 saturated carbocycles. The number of likely N-dealkylation sites (N-methyl/N-ethyl adjacent to an activating group) is 1. The standard InChI is InChI=1S/C34H35FN8O/c1-42(2)10-11-44-26-14-23(13-25(35)15-26)33-27-17-31(39-29(27)6-7-37-33)34-28-16-30(38-20-32(28)40-41-34)24-12-22(18-36-19-24)21-43-8-4-3-5-9-43/h6-7,12-20,39H,3-5,8-11,21H2,1-2H3,(H,40,41). The summed E-state index contributed by atoms with van der Waals surface area (Å²) in [5.74, 6) is 0.106. The predicted molar refractivity (Wildman–Crippen MR) is 171 cm³/mol. The van der Waals surface area contributed by atoms with Crippen LogP contribution in [0.1, 0.15) is 24.8 Å². The third-order valence-corrected chi connectivity index (χ3v) is 8.15. The van der Waals surface area contributed by atoms with Crippen LogP contribution in [0.15, 0.2) is 67.3 Å². The number of benzene rings is 1. The van der Waals surface area contributed by atoms with E-state index in [-0.39, 0.29) is 5.82 Å². The maximum Gasteiger partial charge on any atom is 0.127 e. The van der Waals surface area contributed by atoms with E-state index in [2.05, 4.69) is 42.2 Å². The molecule has 44 heavy (non-hydrogen) atoms. The number of aromatic nitrogens is 6. The Kier molecular flexibility index (Phi) is 7.76. The Morgan fingerprint density at radius 2 is 1.75 bits per heavy atom. The number of hydrogen-bond acceptors (Lipinski definition) is 7. The summed E-state index contributed by atoms with van der Waals surface area (Å²) >= 11 is 0. The molecular weight excluding hydrogens is 555 g/mol. The summed E-state index contributed by atoms with van der Waals surface area (Å²) < 4.78 is 20.5. The smallest absolute Gasteiger partial charge is 0.127 e. The van der Waals surface area contributed by atoms with Gasteiger partial charge in [-0.1, -0.05) is 6.42 Å². The van der Waals surface area contributed by atoms with Crippen molar-refractivity contribution in [2.24, 2.45) is 0 Å². The lowest BCUT2D eigenvalue weighted by molar-refractivity contribution is 0.220. The van der Waals surface area contributed by atoms with E-state index in [1.807, 2.05) is 55.8 Å². The van der Waals surface area contributed by atoms with E-state index in [0.717, 1.165) is 70.6 Å². The number of rotatable bonds is 9. The molecule has 1 aliphatic heterocycles. The molecular formula is C34H35FN8O. The molecule has 224 valence electrons. The van der Waals surface area contributed by atoms with Gasteiger partial charge in [0.25, 0.3) is 0 Å². The predicted octanol–water partition coefficient (Wildman–Crippen LogP) is 6.30. The molecule has 6 heterocycles. The number of ether oxygens (including phenoxy) is 1. The fraction of sp³-hybridized carbons (Fsp3) is 0.294. The van der Waals surface area contributed by atoms with E-state index in [4.69, 9.17) is 9.72 Å². The number of nitrogens with zero attached hydrogens (tertiary/aromatic N) is 6. The Morgan fingerprint density at radius 1 is 0.886 bits per heavy atom. The minimum Gasteiger partial charge on any atom is -0.492 e. The second-order valence-corrected chi connectivity index (χ2v) is 11.7. The summed E-state index contributed by atoms with van der Waals surface area (Å²) in [6.07, 6.45) is 11.2. The first kappa shape index (κ1) is 28.1. The Hall–Kier alpha value is -4.67. The van der Waals surface area contributed by atoms with Crippen LogP contribution in [0.25, 0.3) is 55.7 Å². The van der Waals surface area contributed by atoms with Gasteiger partial charge in [-0.3, -0.25) is 25.0 Å². The van der Waals surface area contributed by atoms with Gasteiger partial charge in [0.2, 0.25) is 0 Å². The topological polar surface area (TPSA) is 98.8 Å². The molecule has 10 heteroatoms. The van der Waals surface area contributed by atoms with Crippen LogP contribution in [0.2, 0.25) is 0 Å². The summed E-state index contributed by atoms with van der Waals surface area (Å²) in [5.41, 5.74) is 7.64. The SMILES string of the molecule is CN(C)CCOc1cc(F)cc(-c2nccc3[nH]c(-c4n[nH]c5cnc(-c6cncc(CN7CCCCC7)c6)cc45)cc23)c1. The molecule has 0 atom stereocenters. The van der Waals surface area contributed by atoms with Crippen molar-refractivity contribution in [3.63, 3.8) is 0 Å². The van der Waals surface area contributed by atoms with Gasteiger partial charge in [-0.05, 0) is 82.0 Å². The molecule has 0 amide bonds. The van der Waals surface area contributed by atoms with Crippen molar-refractivity contribution in [1.82, 2.24) is 39.9 Å². The van der Waals surface area contributed by atoms with E-state index in [0.29, 0.717) is 23.6 Å². The van der Waals surface area contributed by atoms with Crippen LogP contribution in [-0.4, -0.2) is 80.3 Å². The highest BCUT2D eigenvalue weighted by molar-refractivity contribution is 6.00. The first-order valence-corrected chi connectivity index (χ1v) is 15.1. The van der Waals surface area contributed by atoms with Crippen molar-refractivity contribution < 1.29 is 9.13 Å². The van der Waals surface area contributed by atoms with Crippen LogP contribution in [0.4, 0.5) is 4.39 Å². The molecule has 1 aliphatic rings. The number of H-pyrrole nitrogens is 2. The van der Waals surface area contributed by atoms with E-state index >= 15 is 0 Å². The monoisotopic (exact) mass is 590 g/mol. The van der Waals surface area contributed by atoms with Gasteiger partial charge in [-0.25, -0.2) is 4.39 Å². The molecule has 7 rings (SSSR count). The number of aromatic amines is 2. The molecule has 9 nitrogen and oxygen atoms in total. The number of nitrogens with one attached hydrogen (secondary N) is 2. The van der Waals surface area contributed by atoms with Gasteiger partial charge in [-0.15, -0.1) is 0 Å². The van der Waals surface area contributed by atoms with Crippen molar-refractivity contribution in [3.05, 3.63) is 78.6 Å². The highest BCUT2D eigenvalue weighted by Gasteiger charge is 2.17. The van der Waals surface area contributed by atoms with Gasteiger partial charge in [0.15, 0.2) is 0 Å². The molecule has 2 N–H and O–H groups in total. The van der Waals surface area contributed by atoms with Gasteiger partial charge in [0.05, 0.1) is 28.8 Å². The summed E-state index contributed by atoms with van der Waals surface area (Å²) in [4.78, 5) is 21.9. The fourth-order valence-electron chi connectivity index (χ4n) is 5.91. The number of pyridine rings is 3.